The smallest absolute Gasteiger partial charge is 0.351 e. The molecule has 9 nitrogen and oxygen atoms in total. The number of rotatable bonds is 12. The van der Waals surface area contributed by atoms with Crippen molar-refractivity contribution < 1.29 is 23.7 Å². The van der Waals surface area contributed by atoms with E-state index in [9.17, 15) is 9.59 Å². The summed E-state index contributed by atoms with van der Waals surface area (Å²) in [5, 5.41) is 2.54. The summed E-state index contributed by atoms with van der Waals surface area (Å²) < 4.78 is 26.8. The summed E-state index contributed by atoms with van der Waals surface area (Å²) in [6, 6.07) is 31.1. The number of anilines is 1. The zero-order chi connectivity index (χ0) is 28.4. The molecule has 0 radical (unpaired) electrons. The summed E-state index contributed by atoms with van der Waals surface area (Å²) in [4.78, 5) is 28.6. The van der Waals surface area contributed by atoms with Gasteiger partial charge in [-0.25, -0.2) is 4.79 Å². The van der Waals surface area contributed by atoms with Crippen molar-refractivity contribution in [1.29, 1.82) is 0 Å². The van der Waals surface area contributed by atoms with Gasteiger partial charge in [0.25, 0.3) is 0 Å². The lowest BCUT2D eigenvalue weighted by molar-refractivity contribution is -0.114. The zero-order valence-corrected chi connectivity index (χ0v) is 22.8. The van der Waals surface area contributed by atoms with E-state index in [0.29, 0.717) is 19.8 Å². The van der Waals surface area contributed by atoms with Crippen LogP contribution in [0.4, 0.5) is 5.82 Å². The van der Waals surface area contributed by atoms with Gasteiger partial charge in [0.1, 0.15) is 24.1 Å². The molecular weight excluding hydrogens is 522 g/mol. The van der Waals surface area contributed by atoms with Crippen molar-refractivity contribution in [2.24, 2.45) is 0 Å². The van der Waals surface area contributed by atoms with Crippen LogP contribution in [-0.4, -0.2) is 40.4 Å². The number of ether oxygens (including phenoxy) is 4. The molecule has 0 saturated carbocycles. The first-order valence-electron chi connectivity index (χ1n) is 13.5. The van der Waals surface area contributed by atoms with Crippen LogP contribution in [0.2, 0.25) is 0 Å². The average Bonchev–Trinajstić information content (AvgIpc) is 3.33. The van der Waals surface area contributed by atoms with Crippen molar-refractivity contribution in [2.45, 2.75) is 51.3 Å². The monoisotopic (exact) mass is 555 g/mol. The lowest BCUT2D eigenvalue weighted by Crippen LogP contribution is -2.40. The van der Waals surface area contributed by atoms with Crippen molar-refractivity contribution in [3.8, 4) is 0 Å². The van der Waals surface area contributed by atoms with Gasteiger partial charge in [0.05, 0.1) is 26.4 Å². The molecule has 1 amide bonds. The molecule has 1 aromatic heterocycles. The fraction of sp³-hybridized carbons (Fsp3) is 0.281. The van der Waals surface area contributed by atoms with E-state index in [1.165, 1.54) is 11.5 Å². The highest BCUT2D eigenvalue weighted by Crippen LogP contribution is 2.34. The summed E-state index contributed by atoms with van der Waals surface area (Å²) in [6.07, 6.45) is -1.03. The van der Waals surface area contributed by atoms with Crippen molar-refractivity contribution in [3.05, 3.63) is 130 Å². The molecule has 41 heavy (non-hydrogen) atoms. The van der Waals surface area contributed by atoms with Crippen molar-refractivity contribution in [2.75, 3.05) is 11.9 Å². The van der Waals surface area contributed by atoms with Gasteiger partial charge in [-0.05, 0) is 22.8 Å². The standard InChI is InChI=1S/C32H33N3O6/c1-23(36)33-28-17-18-35(32(37)34-28)31-30(40-21-26-15-9-4-10-16-26)29(39-20-25-13-7-3-8-14-25)27(41-31)22-38-19-24-11-5-2-6-12-24/h2-18,27,29-31H,19-22H2,1H3,(H,33,34,36,37)/t27-,29-,30+,31+/m0/s1. The van der Waals surface area contributed by atoms with E-state index >= 15 is 0 Å². The maximum absolute atomic E-state index is 13.1. The third-order valence-electron chi connectivity index (χ3n) is 6.66. The van der Waals surface area contributed by atoms with Crippen molar-refractivity contribution in [3.63, 3.8) is 0 Å². The summed E-state index contributed by atoms with van der Waals surface area (Å²) in [5.74, 6) is -0.154. The normalized spacial score (nSPS) is 20.1. The molecule has 1 N–H and O–H groups in total. The van der Waals surface area contributed by atoms with Gasteiger partial charge in [-0.15, -0.1) is 0 Å². The molecule has 9 heteroatoms. The summed E-state index contributed by atoms with van der Waals surface area (Å²) >= 11 is 0. The molecule has 0 unspecified atom stereocenters. The van der Waals surface area contributed by atoms with Crippen LogP contribution < -0.4 is 11.0 Å². The van der Waals surface area contributed by atoms with E-state index in [4.69, 9.17) is 18.9 Å². The average molecular weight is 556 g/mol. The molecule has 1 saturated heterocycles. The zero-order valence-electron chi connectivity index (χ0n) is 22.8. The Morgan fingerprint density at radius 2 is 1.34 bits per heavy atom. The lowest BCUT2D eigenvalue weighted by Gasteiger charge is -2.25. The first kappa shape index (κ1) is 28.4. The maximum Gasteiger partial charge on any atom is 0.351 e. The minimum atomic E-state index is -0.837. The molecule has 5 rings (SSSR count). The van der Waals surface area contributed by atoms with Gasteiger partial charge in [0.15, 0.2) is 6.23 Å². The van der Waals surface area contributed by atoms with Crippen LogP contribution >= 0.6 is 0 Å². The highest BCUT2D eigenvalue weighted by Gasteiger charge is 2.48. The Bertz CT molecular complexity index is 1450. The van der Waals surface area contributed by atoms with Gasteiger partial charge in [-0.3, -0.25) is 9.36 Å². The van der Waals surface area contributed by atoms with Gasteiger partial charge < -0.3 is 24.3 Å². The molecule has 4 atom stereocenters. The third-order valence-corrected chi connectivity index (χ3v) is 6.66. The van der Waals surface area contributed by atoms with E-state index in [2.05, 4.69) is 10.3 Å². The lowest BCUT2D eigenvalue weighted by atomic mass is 10.1. The molecule has 4 aromatic rings. The van der Waals surface area contributed by atoms with E-state index in [0.717, 1.165) is 16.7 Å². The van der Waals surface area contributed by atoms with E-state index in [-0.39, 0.29) is 18.3 Å². The molecule has 0 bridgehead atoms. The molecule has 0 spiro atoms. The van der Waals surface area contributed by atoms with E-state index in [1.54, 1.807) is 12.3 Å². The quantitative estimate of drug-likeness (QED) is 0.275. The van der Waals surface area contributed by atoms with Gasteiger partial charge >= 0.3 is 5.69 Å². The van der Waals surface area contributed by atoms with E-state index in [1.807, 2.05) is 91.0 Å². The van der Waals surface area contributed by atoms with Crippen LogP contribution in [0.1, 0.15) is 29.8 Å². The Hall–Kier alpha value is -4.15. The van der Waals surface area contributed by atoms with Gasteiger partial charge in [-0.2, -0.15) is 4.98 Å². The Morgan fingerprint density at radius 1 is 0.805 bits per heavy atom. The highest BCUT2D eigenvalue weighted by molar-refractivity contribution is 5.87. The number of hydrogen-bond acceptors (Lipinski definition) is 7. The number of carbonyl (C=O) groups is 1. The van der Waals surface area contributed by atoms with Crippen LogP contribution in [0.5, 0.6) is 0 Å². The fourth-order valence-corrected chi connectivity index (χ4v) is 4.70. The summed E-state index contributed by atoms with van der Waals surface area (Å²) in [5.41, 5.74) is 2.43. The first-order valence-corrected chi connectivity index (χ1v) is 13.5. The first-order chi connectivity index (χ1) is 20.1. The number of benzene rings is 3. The Morgan fingerprint density at radius 3 is 1.88 bits per heavy atom. The highest BCUT2D eigenvalue weighted by atomic mass is 16.6. The fourth-order valence-electron chi connectivity index (χ4n) is 4.70. The van der Waals surface area contributed by atoms with Gasteiger partial charge in [-0.1, -0.05) is 91.0 Å². The maximum atomic E-state index is 13.1. The number of hydrogen-bond donors (Lipinski definition) is 1. The largest absolute Gasteiger partial charge is 0.374 e. The number of amides is 1. The van der Waals surface area contributed by atoms with Crippen LogP contribution in [0, 0.1) is 0 Å². The molecule has 3 aromatic carbocycles. The minimum absolute atomic E-state index is 0.165. The number of nitrogens with zero attached hydrogens (tertiary/aromatic N) is 2. The van der Waals surface area contributed by atoms with Crippen molar-refractivity contribution >= 4 is 11.7 Å². The van der Waals surface area contributed by atoms with Crippen LogP contribution in [0.15, 0.2) is 108 Å². The van der Waals surface area contributed by atoms with Gasteiger partial charge in [0, 0.05) is 13.1 Å². The van der Waals surface area contributed by atoms with Crippen molar-refractivity contribution in [1.82, 2.24) is 9.55 Å². The second kappa shape index (κ2) is 14.0. The molecule has 0 aliphatic carbocycles. The second-order valence-corrected chi connectivity index (χ2v) is 9.77. The molecule has 1 aliphatic rings. The predicted molar refractivity (Wildman–Crippen MR) is 153 cm³/mol. The predicted octanol–water partition coefficient (Wildman–Crippen LogP) is 4.49. The van der Waals surface area contributed by atoms with Gasteiger partial charge in [0.2, 0.25) is 5.91 Å². The number of carbonyl (C=O) groups excluding carboxylic acids is 1. The van der Waals surface area contributed by atoms with Crippen LogP contribution in [-0.2, 0) is 43.6 Å². The molecule has 2 heterocycles. The topological polar surface area (TPSA) is 101 Å². The van der Waals surface area contributed by atoms with Crippen LogP contribution in [0.3, 0.4) is 0 Å². The molecular formula is C32H33N3O6. The Balaban J connectivity index is 1.41. The third kappa shape index (κ3) is 7.74. The Kier molecular flexibility index (Phi) is 9.66. The van der Waals surface area contributed by atoms with E-state index < -0.39 is 30.2 Å². The number of nitrogens with one attached hydrogen (secondary N) is 1. The second-order valence-electron chi connectivity index (χ2n) is 9.77. The Labute approximate surface area is 238 Å². The molecule has 1 aliphatic heterocycles. The SMILES string of the molecule is CC(=O)Nc1ccn([C@@H]2O[C@@H](COCc3ccccc3)[C@H](OCc3ccccc3)[C@H]2OCc2ccccc2)c(=O)n1. The molecule has 1 fully saturated rings. The molecule has 212 valence electrons. The summed E-state index contributed by atoms with van der Waals surface area (Å²) in [6.45, 7) is 2.60. The number of aromatic nitrogens is 2. The summed E-state index contributed by atoms with van der Waals surface area (Å²) in [7, 11) is 0. The minimum Gasteiger partial charge on any atom is -0.374 e. The van der Waals surface area contributed by atoms with Crippen LogP contribution in [0.25, 0.3) is 0 Å².